The highest BCUT2D eigenvalue weighted by Gasteiger charge is 2.30. The molecule has 3 aromatic rings. The van der Waals surface area contributed by atoms with Gasteiger partial charge in [0.15, 0.2) is 0 Å². The molecule has 4 rings (SSSR count). The van der Waals surface area contributed by atoms with Crippen molar-refractivity contribution in [3.63, 3.8) is 0 Å². The van der Waals surface area contributed by atoms with Crippen LogP contribution in [-0.4, -0.2) is 47.0 Å². The second kappa shape index (κ2) is 15.0. The minimum Gasteiger partial charge on any atom is -0.507 e. The monoisotopic (exact) mass is 706 g/mol. The van der Waals surface area contributed by atoms with E-state index in [9.17, 15) is 10.2 Å². The Morgan fingerprint density at radius 1 is 0.442 bits per heavy atom. The number of aromatic hydroxyl groups is 2. The van der Waals surface area contributed by atoms with Crippen molar-refractivity contribution >= 4 is 18.6 Å². The molecular formula is C47H67N3O2. The number of phenolic OH excluding ortho intramolecular Hbond substituents is 2. The third-order valence-corrected chi connectivity index (χ3v) is 10.3. The topological polar surface area (TPSA) is 77.5 Å². The summed E-state index contributed by atoms with van der Waals surface area (Å²) in [5.74, 6) is 0.596. The second-order valence-corrected chi connectivity index (χ2v) is 20.3. The quantitative estimate of drug-likeness (QED) is 0.250. The first kappa shape index (κ1) is 41.0. The van der Waals surface area contributed by atoms with E-state index in [0.717, 1.165) is 47.1 Å². The summed E-state index contributed by atoms with van der Waals surface area (Å²) in [6.07, 6.45) is 8.09. The molecule has 1 aliphatic rings. The largest absolute Gasteiger partial charge is 0.507 e. The molecule has 52 heavy (non-hydrogen) atoms. The van der Waals surface area contributed by atoms with E-state index in [2.05, 4.69) is 152 Å². The Morgan fingerprint density at radius 3 is 1.08 bits per heavy atom. The fraction of sp³-hybridized carbons (Fsp3) is 0.553. The Kier molecular flexibility index (Phi) is 11.8. The summed E-state index contributed by atoms with van der Waals surface area (Å²) < 4.78 is 0. The third kappa shape index (κ3) is 10.4. The van der Waals surface area contributed by atoms with Crippen molar-refractivity contribution in [2.75, 3.05) is 0 Å². The summed E-state index contributed by atoms with van der Waals surface area (Å²) >= 11 is 0. The van der Waals surface area contributed by atoms with Crippen LogP contribution in [0.15, 0.2) is 63.5 Å². The Bertz CT molecular complexity index is 1690. The van der Waals surface area contributed by atoms with E-state index >= 15 is 0 Å². The van der Waals surface area contributed by atoms with Gasteiger partial charge >= 0.3 is 0 Å². The Labute approximate surface area is 315 Å². The Hall–Kier alpha value is -3.73. The number of hydrogen-bond donors (Lipinski definition) is 2. The molecule has 1 aliphatic carbocycles. The Balaban J connectivity index is 1.72. The van der Waals surface area contributed by atoms with Crippen LogP contribution in [0.1, 0.15) is 168 Å². The van der Waals surface area contributed by atoms with Gasteiger partial charge in [-0.25, -0.2) is 0 Å². The summed E-state index contributed by atoms with van der Waals surface area (Å²) in [4.78, 5) is 15.4. The molecule has 0 aliphatic heterocycles. The zero-order valence-corrected chi connectivity index (χ0v) is 34.9. The maximum absolute atomic E-state index is 11.5. The molecule has 5 heteroatoms. The van der Waals surface area contributed by atoms with Gasteiger partial charge in [-0.2, -0.15) is 0 Å². The van der Waals surface area contributed by atoms with E-state index in [-0.39, 0.29) is 45.2 Å². The van der Waals surface area contributed by atoms with Crippen LogP contribution < -0.4 is 0 Å². The SMILES string of the molecule is CC(C)(C)c1ccc(C=NC2C[C@@H](N=Cc3cc(C(C)(C)C)cc(C(C)(C)C)c3O)C[C@@H](N=Cc3cc(C(C)(C)C)cc(C(C)(C)C)c3O)C2)cc1. The summed E-state index contributed by atoms with van der Waals surface area (Å²) in [6.45, 7) is 32.7. The van der Waals surface area contributed by atoms with Gasteiger partial charge in [0, 0.05) is 40.9 Å². The molecule has 0 saturated heterocycles. The van der Waals surface area contributed by atoms with Crippen LogP contribution in [0.25, 0.3) is 0 Å². The zero-order valence-electron chi connectivity index (χ0n) is 34.9. The first-order valence-corrected chi connectivity index (χ1v) is 19.2. The van der Waals surface area contributed by atoms with Crippen LogP contribution in [0.5, 0.6) is 11.5 Å². The van der Waals surface area contributed by atoms with Crippen molar-refractivity contribution in [1.82, 2.24) is 0 Å². The van der Waals surface area contributed by atoms with Crippen molar-refractivity contribution in [3.05, 3.63) is 93.0 Å². The number of aliphatic imine (C=N–C) groups is 3. The summed E-state index contributed by atoms with van der Waals surface area (Å²) in [6, 6.07) is 17.1. The summed E-state index contributed by atoms with van der Waals surface area (Å²) in [5.41, 5.74) is 7.60. The van der Waals surface area contributed by atoms with E-state index in [0.29, 0.717) is 11.5 Å². The second-order valence-electron chi connectivity index (χ2n) is 20.3. The van der Waals surface area contributed by atoms with Crippen LogP contribution in [0.2, 0.25) is 0 Å². The number of nitrogens with zero attached hydrogens (tertiary/aromatic N) is 3. The van der Waals surface area contributed by atoms with Crippen LogP contribution >= 0.6 is 0 Å². The lowest BCUT2D eigenvalue weighted by atomic mass is 9.79. The van der Waals surface area contributed by atoms with Gasteiger partial charge in [-0.1, -0.05) is 140 Å². The molecule has 0 aromatic heterocycles. The molecule has 282 valence electrons. The maximum atomic E-state index is 11.5. The van der Waals surface area contributed by atoms with Gasteiger partial charge in [-0.3, -0.25) is 15.0 Å². The van der Waals surface area contributed by atoms with Crippen molar-refractivity contribution in [3.8, 4) is 11.5 Å². The molecule has 3 aromatic carbocycles. The number of rotatable bonds is 6. The molecule has 1 saturated carbocycles. The molecule has 1 fully saturated rings. The molecule has 2 N–H and O–H groups in total. The molecule has 0 heterocycles. The van der Waals surface area contributed by atoms with Crippen molar-refractivity contribution in [2.24, 2.45) is 15.0 Å². The highest BCUT2D eigenvalue weighted by Crippen LogP contribution is 2.39. The molecule has 0 bridgehead atoms. The van der Waals surface area contributed by atoms with E-state index in [1.54, 1.807) is 0 Å². The van der Waals surface area contributed by atoms with Crippen molar-refractivity contribution < 1.29 is 10.2 Å². The minimum atomic E-state index is -0.216. The van der Waals surface area contributed by atoms with Gasteiger partial charge in [-0.15, -0.1) is 0 Å². The van der Waals surface area contributed by atoms with Gasteiger partial charge in [0.25, 0.3) is 0 Å². The van der Waals surface area contributed by atoms with E-state index < -0.39 is 0 Å². The molecule has 5 nitrogen and oxygen atoms in total. The fourth-order valence-electron chi connectivity index (χ4n) is 6.75. The average Bonchev–Trinajstić information content (AvgIpc) is 3.00. The van der Waals surface area contributed by atoms with Crippen molar-refractivity contribution in [2.45, 2.75) is 168 Å². The predicted octanol–water partition coefficient (Wildman–Crippen LogP) is 11.5. The van der Waals surface area contributed by atoms with E-state index in [4.69, 9.17) is 15.0 Å². The predicted molar refractivity (Wildman–Crippen MR) is 224 cm³/mol. The van der Waals surface area contributed by atoms with Gasteiger partial charge in [0.1, 0.15) is 11.5 Å². The first-order chi connectivity index (χ1) is 23.7. The third-order valence-electron chi connectivity index (χ3n) is 10.3. The van der Waals surface area contributed by atoms with Gasteiger partial charge < -0.3 is 10.2 Å². The molecule has 0 spiro atoms. The summed E-state index contributed by atoms with van der Waals surface area (Å²) in [5, 5.41) is 22.9. The van der Waals surface area contributed by atoms with Gasteiger partial charge in [0.2, 0.25) is 0 Å². The zero-order chi connectivity index (χ0) is 39.0. The molecular weight excluding hydrogens is 639 g/mol. The van der Waals surface area contributed by atoms with Crippen LogP contribution in [-0.2, 0) is 27.1 Å². The van der Waals surface area contributed by atoms with Gasteiger partial charge in [-0.05, 0) is 80.7 Å². The number of hydrogen-bond acceptors (Lipinski definition) is 5. The lowest BCUT2D eigenvalue weighted by Crippen LogP contribution is -2.30. The normalized spacial score (nSPS) is 19.7. The smallest absolute Gasteiger partial charge is 0.128 e. The highest BCUT2D eigenvalue weighted by molar-refractivity contribution is 5.86. The Morgan fingerprint density at radius 2 is 0.769 bits per heavy atom. The van der Waals surface area contributed by atoms with Gasteiger partial charge in [0.05, 0.1) is 18.1 Å². The lowest BCUT2D eigenvalue weighted by molar-refractivity contribution is 0.358. The molecule has 0 radical (unpaired) electrons. The summed E-state index contributed by atoms with van der Waals surface area (Å²) in [7, 11) is 0. The highest BCUT2D eigenvalue weighted by atomic mass is 16.3. The van der Waals surface area contributed by atoms with Crippen LogP contribution in [0.3, 0.4) is 0 Å². The minimum absolute atomic E-state index is 0.0274. The maximum Gasteiger partial charge on any atom is 0.128 e. The fourth-order valence-corrected chi connectivity index (χ4v) is 6.75. The average molecular weight is 706 g/mol. The number of benzene rings is 3. The number of phenols is 2. The molecule has 1 unspecified atom stereocenters. The lowest BCUT2D eigenvalue weighted by Gasteiger charge is -2.30. The molecule has 3 atom stereocenters. The van der Waals surface area contributed by atoms with Crippen LogP contribution in [0, 0.1) is 0 Å². The van der Waals surface area contributed by atoms with E-state index in [1.165, 1.54) is 16.7 Å². The van der Waals surface area contributed by atoms with E-state index in [1.807, 2.05) is 18.6 Å². The van der Waals surface area contributed by atoms with Crippen LogP contribution in [0.4, 0.5) is 0 Å². The standard InChI is InChI=1S/C47H67N3O2/c1-43(2,3)33-18-16-30(17-19-33)27-48-36-24-37(49-28-31-20-34(44(4,5)6)22-39(41(31)51)46(10,11)12)26-38(25-36)50-29-32-21-35(45(7,8)9)23-40(42(32)52)47(13,14)15/h16-23,27-29,36-38,51-52H,24-26H2,1-15H3/t36?,37-,38+. The first-order valence-electron chi connectivity index (χ1n) is 19.2. The van der Waals surface area contributed by atoms with Crippen molar-refractivity contribution in [1.29, 1.82) is 0 Å². The molecule has 0 amide bonds.